The lowest BCUT2D eigenvalue weighted by Gasteiger charge is -2.32. The highest BCUT2D eigenvalue weighted by Gasteiger charge is 2.26. The summed E-state index contributed by atoms with van der Waals surface area (Å²) in [5.74, 6) is 2.99. The molecule has 6 nitrogen and oxygen atoms in total. The highest BCUT2D eigenvalue weighted by molar-refractivity contribution is 5.76. The number of aryl methyl sites for hydroxylation is 2. The molecule has 24 heavy (non-hydrogen) atoms. The topological polar surface area (TPSA) is 66.8 Å². The molecule has 1 atom stereocenters. The normalized spacial score (nSPS) is 18.3. The van der Waals surface area contributed by atoms with Crippen LogP contribution in [0.15, 0.2) is 18.6 Å². The first-order valence-corrected chi connectivity index (χ1v) is 8.85. The van der Waals surface area contributed by atoms with E-state index < -0.39 is 0 Å². The molecule has 0 aliphatic carbocycles. The smallest absolute Gasteiger partial charge is 0.224 e. The maximum Gasteiger partial charge on any atom is 0.224 e. The third kappa shape index (κ3) is 3.68. The Bertz CT molecular complexity index is 687. The number of hydrogen-bond acceptors (Lipinski definition) is 3. The molecule has 2 aromatic rings. The van der Waals surface area contributed by atoms with E-state index in [9.17, 15) is 4.79 Å². The molecule has 0 saturated carbocycles. The molecule has 130 valence electrons. The van der Waals surface area contributed by atoms with E-state index >= 15 is 0 Å². The van der Waals surface area contributed by atoms with Gasteiger partial charge in [0.2, 0.25) is 5.91 Å². The van der Waals surface area contributed by atoms with Gasteiger partial charge >= 0.3 is 0 Å². The van der Waals surface area contributed by atoms with Crippen LogP contribution in [0.3, 0.4) is 0 Å². The Labute approximate surface area is 143 Å². The zero-order valence-corrected chi connectivity index (χ0v) is 14.8. The average Bonchev–Trinajstić information content (AvgIpc) is 3.21. The van der Waals surface area contributed by atoms with Crippen LogP contribution >= 0.6 is 0 Å². The maximum absolute atomic E-state index is 12.6. The van der Waals surface area contributed by atoms with E-state index in [0.29, 0.717) is 24.8 Å². The minimum Gasteiger partial charge on any atom is -0.346 e. The van der Waals surface area contributed by atoms with Gasteiger partial charge in [0.15, 0.2) is 0 Å². The van der Waals surface area contributed by atoms with E-state index in [2.05, 4.69) is 33.4 Å². The number of aromatic amines is 1. The highest BCUT2D eigenvalue weighted by Crippen LogP contribution is 2.25. The number of aromatic nitrogens is 4. The quantitative estimate of drug-likeness (QED) is 0.917. The minimum absolute atomic E-state index is 0.228. The number of piperidine rings is 1. The third-order valence-electron chi connectivity index (χ3n) is 4.71. The van der Waals surface area contributed by atoms with Crippen LogP contribution in [0.2, 0.25) is 0 Å². The number of H-pyrrole nitrogens is 1. The largest absolute Gasteiger partial charge is 0.346 e. The summed E-state index contributed by atoms with van der Waals surface area (Å²) in [6, 6.07) is 0. The lowest BCUT2D eigenvalue weighted by atomic mass is 9.97. The number of nitrogens with one attached hydrogen (secondary N) is 1. The second-order valence-corrected chi connectivity index (χ2v) is 7.01. The molecule has 2 aromatic heterocycles. The van der Waals surface area contributed by atoms with Gasteiger partial charge in [-0.15, -0.1) is 0 Å². The number of amides is 1. The van der Waals surface area contributed by atoms with Crippen molar-refractivity contribution < 1.29 is 4.79 Å². The standard InChI is InChI=1S/C18H27N5O/c1-13(2)18-19-7-10-22(18)9-6-16(24)23-8-4-5-15(12-23)17-20-11-14(3)21-17/h7,10-11,13,15H,4-6,8-9,12H2,1-3H3,(H,20,21)/t15-/m0/s1. The molecule has 1 saturated heterocycles. The van der Waals surface area contributed by atoms with Gasteiger partial charge in [-0.2, -0.15) is 0 Å². The van der Waals surface area contributed by atoms with Crippen molar-refractivity contribution in [2.75, 3.05) is 13.1 Å². The molecule has 1 aliphatic rings. The number of carbonyl (C=O) groups is 1. The number of likely N-dealkylation sites (tertiary alicyclic amines) is 1. The predicted molar refractivity (Wildman–Crippen MR) is 92.8 cm³/mol. The fourth-order valence-corrected chi connectivity index (χ4v) is 3.45. The van der Waals surface area contributed by atoms with Crippen molar-refractivity contribution in [1.29, 1.82) is 0 Å². The molecule has 3 rings (SSSR count). The molecule has 1 fully saturated rings. The average molecular weight is 329 g/mol. The fourth-order valence-electron chi connectivity index (χ4n) is 3.45. The Morgan fingerprint density at radius 2 is 2.25 bits per heavy atom. The number of rotatable bonds is 5. The van der Waals surface area contributed by atoms with Crippen LogP contribution in [0, 0.1) is 6.92 Å². The minimum atomic E-state index is 0.228. The summed E-state index contributed by atoms with van der Waals surface area (Å²) in [6.45, 7) is 8.60. The Balaban J connectivity index is 1.57. The van der Waals surface area contributed by atoms with Crippen LogP contribution in [0.25, 0.3) is 0 Å². The first-order chi connectivity index (χ1) is 11.5. The zero-order chi connectivity index (χ0) is 17.1. The molecule has 6 heteroatoms. The number of hydrogen-bond donors (Lipinski definition) is 1. The first-order valence-electron chi connectivity index (χ1n) is 8.85. The van der Waals surface area contributed by atoms with Gasteiger partial charge in [0.25, 0.3) is 0 Å². The predicted octanol–water partition coefficient (Wildman–Crippen LogP) is 2.83. The van der Waals surface area contributed by atoms with Crippen molar-refractivity contribution in [2.45, 2.75) is 58.4 Å². The van der Waals surface area contributed by atoms with Crippen LogP contribution in [-0.4, -0.2) is 43.4 Å². The third-order valence-corrected chi connectivity index (χ3v) is 4.71. The highest BCUT2D eigenvalue weighted by atomic mass is 16.2. The Hall–Kier alpha value is -2.11. The fraction of sp³-hybridized carbons (Fsp3) is 0.611. The summed E-state index contributed by atoms with van der Waals surface area (Å²) in [4.78, 5) is 26.8. The molecule has 0 bridgehead atoms. The summed E-state index contributed by atoms with van der Waals surface area (Å²) < 4.78 is 2.10. The molecule has 1 aliphatic heterocycles. The zero-order valence-electron chi connectivity index (χ0n) is 14.8. The van der Waals surface area contributed by atoms with Gasteiger partial charge in [-0.3, -0.25) is 4.79 Å². The van der Waals surface area contributed by atoms with E-state index in [1.165, 1.54) is 0 Å². The molecule has 1 N–H and O–H groups in total. The van der Waals surface area contributed by atoms with Crippen LogP contribution in [0.1, 0.15) is 62.3 Å². The Morgan fingerprint density at radius 1 is 1.42 bits per heavy atom. The summed E-state index contributed by atoms with van der Waals surface area (Å²) >= 11 is 0. The first kappa shape index (κ1) is 16.7. The van der Waals surface area contributed by atoms with Crippen LogP contribution in [0.4, 0.5) is 0 Å². The van der Waals surface area contributed by atoms with Gasteiger partial charge in [-0.05, 0) is 19.8 Å². The molecular formula is C18H27N5O. The van der Waals surface area contributed by atoms with Crippen molar-refractivity contribution in [3.63, 3.8) is 0 Å². The monoisotopic (exact) mass is 329 g/mol. The molecular weight excluding hydrogens is 302 g/mol. The lowest BCUT2D eigenvalue weighted by molar-refractivity contribution is -0.132. The van der Waals surface area contributed by atoms with Crippen molar-refractivity contribution in [3.8, 4) is 0 Å². The van der Waals surface area contributed by atoms with Gasteiger partial charge in [0.1, 0.15) is 11.6 Å². The summed E-state index contributed by atoms with van der Waals surface area (Å²) in [7, 11) is 0. The molecule has 0 radical (unpaired) electrons. The van der Waals surface area contributed by atoms with Crippen molar-refractivity contribution in [2.24, 2.45) is 0 Å². The van der Waals surface area contributed by atoms with E-state index in [1.54, 1.807) is 0 Å². The van der Waals surface area contributed by atoms with E-state index in [-0.39, 0.29) is 5.91 Å². The maximum atomic E-state index is 12.6. The van der Waals surface area contributed by atoms with Gasteiger partial charge in [-0.25, -0.2) is 9.97 Å². The number of nitrogens with zero attached hydrogens (tertiary/aromatic N) is 4. The van der Waals surface area contributed by atoms with E-state index in [1.807, 2.05) is 30.4 Å². The van der Waals surface area contributed by atoms with E-state index in [0.717, 1.165) is 43.3 Å². The Morgan fingerprint density at radius 3 is 2.96 bits per heavy atom. The molecule has 0 unspecified atom stereocenters. The van der Waals surface area contributed by atoms with Crippen LogP contribution in [0.5, 0.6) is 0 Å². The molecule has 0 aromatic carbocycles. The van der Waals surface area contributed by atoms with E-state index in [4.69, 9.17) is 0 Å². The van der Waals surface area contributed by atoms with Crippen molar-refractivity contribution in [3.05, 3.63) is 35.9 Å². The van der Waals surface area contributed by atoms with Crippen molar-refractivity contribution in [1.82, 2.24) is 24.4 Å². The van der Waals surface area contributed by atoms with Crippen LogP contribution < -0.4 is 0 Å². The van der Waals surface area contributed by atoms with Gasteiger partial charge < -0.3 is 14.5 Å². The van der Waals surface area contributed by atoms with Gasteiger partial charge in [0.05, 0.1) is 0 Å². The SMILES string of the molecule is Cc1cnc([C@H]2CCCN(C(=O)CCn3ccnc3C(C)C)C2)[nH]1. The van der Waals surface area contributed by atoms with Gasteiger partial charge in [-0.1, -0.05) is 13.8 Å². The molecule has 0 spiro atoms. The second-order valence-electron chi connectivity index (χ2n) is 7.01. The number of carbonyl (C=O) groups excluding carboxylic acids is 1. The van der Waals surface area contributed by atoms with Gasteiger partial charge in [0, 0.05) is 62.2 Å². The molecule has 3 heterocycles. The summed E-state index contributed by atoms with van der Waals surface area (Å²) in [5, 5.41) is 0. The van der Waals surface area contributed by atoms with Crippen molar-refractivity contribution >= 4 is 5.91 Å². The lowest BCUT2D eigenvalue weighted by Crippen LogP contribution is -2.39. The molecule has 1 amide bonds. The summed E-state index contributed by atoms with van der Waals surface area (Å²) in [5.41, 5.74) is 1.08. The Kier molecular flexibility index (Phi) is 5.02. The number of imidazole rings is 2. The second kappa shape index (κ2) is 7.20. The summed E-state index contributed by atoms with van der Waals surface area (Å²) in [6.07, 6.45) is 8.31. The van der Waals surface area contributed by atoms with Crippen LogP contribution in [-0.2, 0) is 11.3 Å².